The van der Waals surface area contributed by atoms with E-state index >= 15 is 0 Å². The van der Waals surface area contributed by atoms with E-state index in [-0.39, 0.29) is 5.92 Å². The molecule has 0 radical (unpaired) electrons. The van der Waals surface area contributed by atoms with Gasteiger partial charge in [-0.25, -0.2) is 0 Å². The summed E-state index contributed by atoms with van der Waals surface area (Å²) in [6.45, 7) is 1.37. The molecule has 6 heteroatoms. The van der Waals surface area contributed by atoms with Crippen LogP contribution in [0.25, 0.3) is 11.5 Å². The third-order valence-electron chi connectivity index (χ3n) is 2.91. The van der Waals surface area contributed by atoms with Crippen LogP contribution in [-0.4, -0.2) is 23.4 Å². The molecule has 0 amide bonds. The summed E-state index contributed by atoms with van der Waals surface area (Å²) in [5, 5.41) is 4.97. The minimum atomic E-state index is 0.198. The van der Waals surface area contributed by atoms with Gasteiger partial charge in [0.25, 0.3) is 5.89 Å². The van der Waals surface area contributed by atoms with Gasteiger partial charge in [0.15, 0.2) is 5.82 Å². The van der Waals surface area contributed by atoms with Gasteiger partial charge < -0.3 is 9.26 Å². The van der Waals surface area contributed by atoms with Crippen molar-refractivity contribution in [1.29, 1.82) is 0 Å². The van der Waals surface area contributed by atoms with Crippen molar-refractivity contribution < 1.29 is 9.26 Å². The third-order valence-corrected chi connectivity index (χ3v) is 3.54. The Morgan fingerprint density at radius 3 is 2.67 bits per heavy atom. The van der Waals surface area contributed by atoms with Crippen LogP contribution in [0.15, 0.2) is 22.7 Å². The molecule has 18 heavy (non-hydrogen) atoms. The van der Waals surface area contributed by atoms with Crippen LogP contribution >= 0.6 is 23.2 Å². The van der Waals surface area contributed by atoms with Crippen molar-refractivity contribution in [2.75, 3.05) is 13.2 Å². The van der Waals surface area contributed by atoms with Crippen molar-refractivity contribution in [2.24, 2.45) is 0 Å². The molecule has 0 aliphatic carbocycles. The van der Waals surface area contributed by atoms with E-state index in [1.165, 1.54) is 0 Å². The van der Waals surface area contributed by atoms with Gasteiger partial charge in [0, 0.05) is 12.5 Å². The summed E-state index contributed by atoms with van der Waals surface area (Å²) in [4.78, 5) is 4.36. The largest absolute Gasteiger partial charge is 0.381 e. The molecule has 1 unspecified atom stereocenters. The van der Waals surface area contributed by atoms with Crippen molar-refractivity contribution in [2.45, 2.75) is 12.3 Å². The second-order valence-corrected chi connectivity index (χ2v) is 4.93. The lowest BCUT2D eigenvalue weighted by molar-refractivity contribution is 0.192. The van der Waals surface area contributed by atoms with Crippen LogP contribution in [0.1, 0.15) is 18.2 Å². The zero-order chi connectivity index (χ0) is 12.5. The number of aromatic nitrogens is 2. The molecule has 0 N–H and O–H groups in total. The highest BCUT2D eigenvalue weighted by Crippen LogP contribution is 2.34. The lowest BCUT2D eigenvalue weighted by atomic mass is 10.1. The van der Waals surface area contributed by atoms with Gasteiger partial charge in [-0.3, -0.25) is 0 Å². The molecule has 1 aliphatic rings. The Morgan fingerprint density at radius 2 is 2.00 bits per heavy atom. The number of rotatable bonds is 2. The maximum absolute atomic E-state index is 6.10. The van der Waals surface area contributed by atoms with Gasteiger partial charge in [-0.05, 0) is 18.6 Å². The molecule has 1 atom stereocenters. The number of benzene rings is 1. The maximum atomic E-state index is 6.10. The summed E-state index contributed by atoms with van der Waals surface area (Å²) in [5.74, 6) is 1.20. The summed E-state index contributed by atoms with van der Waals surface area (Å²) in [6.07, 6.45) is 0.912. The van der Waals surface area contributed by atoms with Gasteiger partial charge in [0.05, 0.1) is 22.2 Å². The number of nitrogens with zero attached hydrogens (tertiary/aromatic N) is 2. The fraction of sp³-hybridized carbons (Fsp3) is 0.333. The molecule has 0 spiro atoms. The summed E-state index contributed by atoms with van der Waals surface area (Å²) in [7, 11) is 0. The molecule has 1 aromatic carbocycles. The normalized spacial score (nSPS) is 19.3. The number of ether oxygens (including phenoxy) is 1. The number of hydrogen-bond acceptors (Lipinski definition) is 4. The van der Waals surface area contributed by atoms with E-state index in [0.29, 0.717) is 33.9 Å². The van der Waals surface area contributed by atoms with Crippen molar-refractivity contribution >= 4 is 23.2 Å². The van der Waals surface area contributed by atoms with Crippen LogP contribution in [0, 0.1) is 0 Å². The van der Waals surface area contributed by atoms with Gasteiger partial charge in [0.1, 0.15) is 0 Å². The summed E-state index contributed by atoms with van der Waals surface area (Å²) < 4.78 is 10.5. The molecule has 1 fully saturated rings. The first-order valence-electron chi connectivity index (χ1n) is 5.61. The summed E-state index contributed by atoms with van der Waals surface area (Å²) in [5.41, 5.74) is 0.582. The average molecular weight is 285 g/mol. The molecule has 2 aromatic rings. The Morgan fingerprint density at radius 1 is 1.22 bits per heavy atom. The Hall–Kier alpha value is -1.10. The zero-order valence-corrected chi connectivity index (χ0v) is 10.9. The fourth-order valence-electron chi connectivity index (χ4n) is 1.94. The maximum Gasteiger partial charge on any atom is 0.260 e. The van der Waals surface area contributed by atoms with Gasteiger partial charge in [-0.2, -0.15) is 4.98 Å². The smallest absolute Gasteiger partial charge is 0.260 e. The van der Waals surface area contributed by atoms with Crippen LogP contribution in [0.2, 0.25) is 10.0 Å². The first-order valence-corrected chi connectivity index (χ1v) is 6.37. The van der Waals surface area contributed by atoms with Crippen LogP contribution in [0.5, 0.6) is 0 Å². The minimum absolute atomic E-state index is 0.198. The molecular weight excluding hydrogens is 275 g/mol. The highest BCUT2D eigenvalue weighted by molar-refractivity contribution is 6.38. The first kappa shape index (κ1) is 12.0. The van der Waals surface area contributed by atoms with Gasteiger partial charge in [-0.1, -0.05) is 34.4 Å². The second kappa shape index (κ2) is 4.88. The number of hydrogen-bond donors (Lipinski definition) is 0. The molecular formula is C12H10Cl2N2O2. The van der Waals surface area contributed by atoms with E-state index in [4.69, 9.17) is 32.5 Å². The predicted octanol–water partition coefficient (Wildman–Crippen LogP) is 3.55. The van der Waals surface area contributed by atoms with Crippen molar-refractivity contribution in [3.8, 4) is 11.5 Å². The Labute approximate surface area is 114 Å². The van der Waals surface area contributed by atoms with Gasteiger partial charge >= 0.3 is 0 Å². The van der Waals surface area contributed by atoms with E-state index in [9.17, 15) is 0 Å². The van der Waals surface area contributed by atoms with Gasteiger partial charge in [-0.15, -0.1) is 0 Å². The fourth-order valence-corrected chi connectivity index (χ4v) is 2.50. The second-order valence-electron chi connectivity index (χ2n) is 4.11. The lowest BCUT2D eigenvalue weighted by Gasteiger charge is -2.01. The Kier molecular flexibility index (Phi) is 3.24. The Bertz CT molecular complexity index is 545. The SMILES string of the molecule is Clc1cccc(Cl)c1-c1nc(C2CCOC2)no1. The number of halogens is 2. The van der Waals surface area contributed by atoms with E-state index in [1.807, 2.05) is 0 Å². The molecule has 2 heterocycles. The summed E-state index contributed by atoms with van der Waals surface area (Å²) in [6, 6.07) is 5.26. The van der Waals surface area contributed by atoms with Crippen LogP contribution in [0.3, 0.4) is 0 Å². The monoisotopic (exact) mass is 284 g/mol. The van der Waals surface area contributed by atoms with Crippen LogP contribution < -0.4 is 0 Å². The van der Waals surface area contributed by atoms with Crippen molar-refractivity contribution in [3.63, 3.8) is 0 Å². The molecule has 4 nitrogen and oxygen atoms in total. The van der Waals surface area contributed by atoms with E-state index in [2.05, 4.69) is 10.1 Å². The van der Waals surface area contributed by atoms with E-state index < -0.39 is 0 Å². The van der Waals surface area contributed by atoms with Crippen molar-refractivity contribution in [1.82, 2.24) is 10.1 Å². The van der Waals surface area contributed by atoms with Crippen molar-refractivity contribution in [3.05, 3.63) is 34.1 Å². The molecule has 1 aliphatic heterocycles. The van der Waals surface area contributed by atoms with Crippen LogP contribution in [0.4, 0.5) is 0 Å². The first-order chi connectivity index (χ1) is 8.75. The zero-order valence-electron chi connectivity index (χ0n) is 9.40. The molecule has 0 saturated carbocycles. The van der Waals surface area contributed by atoms with Gasteiger partial charge in [0.2, 0.25) is 0 Å². The molecule has 94 valence electrons. The molecule has 1 aromatic heterocycles. The average Bonchev–Trinajstić information content (AvgIpc) is 2.99. The van der Waals surface area contributed by atoms with E-state index in [1.54, 1.807) is 18.2 Å². The van der Waals surface area contributed by atoms with Crippen LogP contribution in [-0.2, 0) is 4.74 Å². The Balaban J connectivity index is 1.97. The molecule has 3 rings (SSSR count). The lowest BCUT2D eigenvalue weighted by Crippen LogP contribution is -1.99. The predicted molar refractivity (Wildman–Crippen MR) is 67.9 cm³/mol. The summed E-state index contributed by atoms with van der Waals surface area (Å²) >= 11 is 12.2. The molecule has 1 saturated heterocycles. The standard InChI is InChI=1S/C12H10Cl2N2O2/c13-8-2-1-3-9(14)10(8)12-15-11(16-18-12)7-4-5-17-6-7/h1-3,7H,4-6H2. The topological polar surface area (TPSA) is 48.2 Å². The third kappa shape index (κ3) is 2.11. The minimum Gasteiger partial charge on any atom is -0.381 e. The van der Waals surface area contributed by atoms with E-state index in [0.717, 1.165) is 13.0 Å². The highest BCUT2D eigenvalue weighted by atomic mass is 35.5. The quantitative estimate of drug-likeness (QED) is 0.846. The molecule has 0 bridgehead atoms. The highest BCUT2D eigenvalue weighted by Gasteiger charge is 2.24.